The van der Waals surface area contributed by atoms with E-state index in [-0.39, 0.29) is 6.04 Å². The fourth-order valence-corrected chi connectivity index (χ4v) is 2.97. The number of benzene rings is 1. The zero-order chi connectivity index (χ0) is 13.8. The van der Waals surface area contributed by atoms with Crippen LogP contribution in [0.4, 0.5) is 5.69 Å². The lowest BCUT2D eigenvalue weighted by Crippen LogP contribution is -2.38. The molecule has 1 aromatic rings. The standard InChI is InChI=1S/C16H27N3/c1-4-19-11-5-6-16(19)12-18(3)15-9-7-14(8-10-15)13(2)17/h7-10,13,16H,4-6,11-12,17H2,1-3H3/t13-,16?/m0/s1. The van der Waals surface area contributed by atoms with Crippen LogP contribution in [-0.4, -0.2) is 37.6 Å². The van der Waals surface area contributed by atoms with E-state index in [1.807, 2.05) is 6.92 Å². The van der Waals surface area contributed by atoms with Gasteiger partial charge in [0.1, 0.15) is 0 Å². The predicted octanol–water partition coefficient (Wildman–Crippen LogP) is 2.63. The van der Waals surface area contributed by atoms with Crippen LogP contribution < -0.4 is 10.6 Å². The maximum Gasteiger partial charge on any atom is 0.0364 e. The van der Waals surface area contributed by atoms with Gasteiger partial charge < -0.3 is 10.6 Å². The number of anilines is 1. The Bertz CT molecular complexity index is 385. The summed E-state index contributed by atoms with van der Waals surface area (Å²) in [6.45, 7) is 7.83. The second-order valence-electron chi connectivity index (χ2n) is 5.69. The summed E-state index contributed by atoms with van der Waals surface area (Å²) in [6, 6.07) is 9.48. The molecule has 106 valence electrons. The normalized spacial score (nSPS) is 21.6. The third-order valence-corrected chi connectivity index (χ3v) is 4.25. The van der Waals surface area contributed by atoms with Gasteiger partial charge in [-0.15, -0.1) is 0 Å². The summed E-state index contributed by atoms with van der Waals surface area (Å²) in [6.07, 6.45) is 2.67. The van der Waals surface area contributed by atoms with Crippen molar-refractivity contribution in [1.82, 2.24) is 4.90 Å². The van der Waals surface area contributed by atoms with Crippen molar-refractivity contribution in [2.75, 3.05) is 31.6 Å². The van der Waals surface area contributed by atoms with Crippen molar-refractivity contribution in [3.05, 3.63) is 29.8 Å². The maximum absolute atomic E-state index is 5.89. The number of nitrogens with zero attached hydrogens (tertiary/aromatic N) is 2. The van der Waals surface area contributed by atoms with Crippen molar-refractivity contribution in [3.63, 3.8) is 0 Å². The average Bonchev–Trinajstić information content (AvgIpc) is 2.86. The van der Waals surface area contributed by atoms with Gasteiger partial charge in [0.25, 0.3) is 0 Å². The molecule has 2 N–H and O–H groups in total. The van der Waals surface area contributed by atoms with Crippen LogP contribution in [0.5, 0.6) is 0 Å². The van der Waals surface area contributed by atoms with Gasteiger partial charge in [0, 0.05) is 31.4 Å². The molecule has 1 aliphatic rings. The lowest BCUT2D eigenvalue weighted by molar-refractivity contribution is 0.270. The van der Waals surface area contributed by atoms with Gasteiger partial charge in [0.05, 0.1) is 0 Å². The van der Waals surface area contributed by atoms with E-state index in [0.29, 0.717) is 6.04 Å². The number of likely N-dealkylation sites (N-methyl/N-ethyl adjacent to an activating group) is 2. The molecule has 2 rings (SSSR count). The highest BCUT2D eigenvalue weighted by Crippen LogP contribution is 2.21. The molecule has 0 radical (unpaired) electrons. The highest BCUT2D eigenvalue weighted by molar-refractivity contribution is 5.47. The first-order valence-electron chi connectivity index (χ1n) is 7.42. The van der Waals surface area contributed by atoms with Crippen LogP contribution in [0.2, 0.25) is 0 Å². The second-order valence-corrected chi connectivity index (χ2v) is 5.69. The van der Waals surface area contributed by atoms with Crippen molar-refractivity contribution < 1.29 is 0 Å². The average molecular weight is 261 g/mol. The van der Waals surface area contributed by atoms with Gasteiger partial charge in [-0.25, -0.2) is 0 Å². The smallest absolute Gasteiger partial charge is 0.0364 e. The molecule has 0 bridgehead atoms. The minimum atomic E-state index is 0.116. The third-order valence-electron chi connectivity index (χ3n) is 4.25. The molecular formula is C16H27N3. The van der Waals surface area contributed by atoms with Crippen LogP contribution in [0.3, 0.4) is 0 Å². The Kier molecular flexibility index (Phi) is 4.83. The Labute approximate surface area is 117 Å². The number of likely N-dealkylation sites (tertiary alicyclic amines) is 1. The molecule has 3 nitrogen and oxygen atoms in total. The van der Waals surface area contributed by atoms with Gasteiger partial charge in [-0.3, -0.25) is 4.90 Å². The van der Waals surface area contributed by atoms with Gasteiger partial charge in [0.2, 0.25) is 0 Å². The van der Waals surface area contributed by atoms with Gasteiger partial charge >= 0.3 is 0 Å². The monoisotopic (exact) mass is 261 g/mol. The molecule has 1 heterocycles. The van der Waals surface area contributed by atoms with Gasteiger partial charge in [-0.05, 0) is 50.6 Å². The van der Waals surface area contributed by atoms with Crippen molar-refractivity contribution in [2.45, 2.75) is 38.8 Å². The minimum Gasteiger partial charge on any atom is -0.373 e. The van der Waals surface area contributed by atoms with E-state index in [9.17, 15) is 0 Å². The highest BCUT2D eigenvalue weighted by Gasteiger charge is 2.24. The van der Waals surface area contributed by atoms with Crippen molar-refractivity contribution in [3.8, 4) is 0 Å². The summed E-state index contributed by atoms with van der Waals surface area (Å²) >= 11 is 0. The molecular weight excluding hydrogens is 234 g/mol. The van der Waals surface area contributed by atoms with Crippen LogP contribution in [0.15, 0.2) is 24.3 Å². The zero-order valence-electron chi connectivity index (χ0n) is 12.5. The summed E-state index contributed by atoms with van der Waals surface area (Å²) in [7, 11) is 2.19. The first-order chi connectivity index (χ1) is 9.11. The molecule has 1 fully saturated rings. The summed E-state index contributed by atoms with van der Waals surface area (Å²) in [5.41, 5.74) is 8.37. The number of nitrogens with two attached hydrogens (primary N) is 1. The zero-order valence-corrected chi connectivity index (χ0v) is 12.5. The van der Waals surface area contributed by atoms with E-state index in [4.69, 9.17) is 5.73 Å². The quantitative estimate of drug-likeness (QED) is 0.884. The van der Waals surface area contributed by atoms with Crippen LogP contribution in [-0.2, 0) is 0 Å². The van der Waals surface area contributed by atoms with Gasteiger partial charge in [-0.1, -0.05) is 19.1 Å². The SMILES string of the molecule is CCN1CCCC1CN(C)c1ccc([C@H](C)N)cc1. The molecule has 1 saturated heterocycles. The topological polar surface area (TPSA) is 32.5 Å². The molecule has 19 heavy (non-hydrogen) atoms. The minimum absolute atomic E-state index is 0.116. The lowest BCUT2D eigenvalue weighted by atomic mass is 10.1. The molecule has 0 saturated carbocycles. The van der Waals surface area contributed by atoms with E-state index in [0.717, 1.165) is 6.54 Å². The Balaban J connectivity index is 1.97. The van der Waals surface area contributed by atoms with Crippen LogP contribution in [0, 0.1) is 0 Å². The molecule has 1 aliphatic heterocycles. The Morgan fingerprint density at radius 1 is 1.37 bits per heavy atom. The fourth-order valence-electron chi connectivity index (χ4n) is 2.97. The lowest BCUT2D eigenvalue weighted by Gasteiger charge is -2.29. The van der Waals surface area contributed by atoms with Crippen molar-refractivity contribution in [1.29, 1.82) is 0 Å². The van der Waals surface area contributed by atoms with E-state index in [1.54, 1.807) is 0 Å². The fraction of sp³-hybridized carbons (Fsp3) is 0.625. The van der Waals surface area contributed by atoms with Crippen molar-refractivity contribution in [2.24, 2.45) is 5.73 Å². The molecule has 2 atom stereocenters. The highest BCUT2D eigenvalue weighted by atomic mass is 15.2. The number of hydrogen-bond acceptors (Lipinski definition) is 3. The predicted molar refractivity (Wildman–Crippen MR) is 82.6 cm³/mol. The van der Waals surface area contributed by atoms with Crippen LogP contribution in [0.25, 0.3) is 0 Å². The molecule has 0 aromatic heterocycles. The largest absolute Gasteiger partial charge is 0.373 e. The maximum atomic E-state index is 5.89. The van der Waals surface area contributed by atoms with Crippen LogP contribution in [0.1, 0.15) is 38.3 Å². The summed E-state index contributed by atoms with van der Waals surface area (Å²) in [5, 5.41) is 0. The van der Waals surface area contributed by atoms with E-state index >= 15 is 0 Å². The van der Waals surface area contributed by atoms with Gasteiger partial charge in [-0.2, -0.15) is 0 Å². The molecule has 1 unspecified atom stereocenters. The van der Waals surface area contributed by atoms with Crippen molar-refractivity contribution >= 4 is 5.69 Å². The summed E-state index contributed by atoms with van der Waals surface area (Å²) in [5.74, 6) is 0. The van der Waals surface area contributed by atoms with E-state index in [1.165, 1.54) is 37.2 Å². The summed E-state index contributed by atoms with van der Waals surface area (Å²) in [4.78, 5) is 4.95. The number of rotatable bonds is 5. The number of hydrogen-bond donors (Lipinski definition) is 1. The van der Waals surface area contributed by atoms with E-state index in [2.05, 4.69) is 48.0 Å². The molecule has 0 spiro atoms. The second kappa shape index (κ2) is 6.40. The Hall–Kier alpha value is -1.06. The first kappa shape index (κ1) is 14.4. The van der Waals surface area contributed by atoms with E-state index < -0.39 is 0 Å². The van der Waals surface area contributed by atoms with Crippen LogP contribution >= 0.6 is 0 Å². The molecule has 0 aliphatic carbocycles. The third kappa shape index (κ3) is 3.48. The molecule has 3 heteroatoms. The summed E-state index contributed by atoms with van der Waals surface area (Å²) < 4.78 is 0. The first-order valence-corrected chi connectivity index (χ1v) is 7.42. The molecule has 1 aromatic carbocycles. The molecule has 0 amide bonds. The Morgan fingerprint density at radius 3 is 2.63 bits per heavy atom. The Morgan fingerprint density at radius 2 is 2.05 bits per heavy atom. The van der Waals surface area contributed by atoms with Gasteiger partial charge in [0.15, 0.2) is 0 Å².